The van der Waals surface area contributed by atoms with Gasteiger partial charge in [-0.15, -0.1) is 11.3 Å². The molecule has 22 heavy (non-hydrogen) atoms. The minimum Gasteiger partial charge on any atom is -0.300 e. The highest BCUT2D eigenvalue weighted by atomic mass is 32.2. The van der Waals surface area contributed by atoms with Gasteiger partial charge >= 0.3 is 0 Å². The van der Waals surface area contributed by atoms with E-state index in [0.29, 0.717) is 20.8 Å². The number of non-ortho nitro benzene ring substituents is 1. The molecule has 0 saturated carbocycles. The van der Waals surface area contributed by atoms with Crippen LogP contribution in [0.2, 0.25) is 0 Å². The third-order valence-electron chi connectivity index (χ3n) is 2.65. The number of nitrogens with zero attached hydrogens (tertiary/aromatic N) is 3. The Balaban J connectivity index is 1.84. The fourth-order valence-corrected chi connectivity index (χ4v) is 3.11. The Morgan fingerprint density at radius 3 is 3.00 bits per heavy atom. The van der Waals surface area contributed by atoms with Crippen molar-refractivity contribution in [3.8, 4) is 0 Å². The average Bonchev–Trinajstić information content (AvgIpc) is 3.10. The number of hydrogen-bond donors (Lipinski definition) is 1. The molecule has 1 aromatic heterocycles. The van der Waals surface area contributed by atoms with Crippen LogP contribution in [0, 0.1) is 10.1 Å². The molecule has 1 aliphatic rings. The van der Waals surface area contributed by atoms with E-state index in [1.807, 2.05) is 0 Å². The van der Waals surface area contributed by atoms with E-state index in [1.165, 1.54) is 35.2 Å². The van der Waals surface area contributed by atoms with Gasteiger partial charge in [-0.25, -0.2) is 4.98 Å². The predicted octanol–water partition coefficient (Wildman–Crippen LogP) is 2.94. The van der Waals surface area contributed by atoms with Gasteiger partial charge in [0.15, 0.2) is 5.17 Å². The zero-order valence-corrected chi connectivity index (χ0v) is 12.6. The van der Waals surface area contributed by atoms with Crippen molar-refractivity contribution >= 4 is 51.1 Å². The summed E-state index contributed by atoms with van der Waals surface area (Å²) in [7, 11) is 0. The van der Waals surface area contributed by atoms with Crippen molar-refractivity contribution in [3.63, 3.8) is 0 Å². The van der Waals surface area contributed by atoms with E-state index < -0.39 is 4.92 Å². The van der Waals surface area contributed by atoms with Crippen LogP contribution in [-0.4, -0.2) is 21.0 Å². The highest BCUT2D eigenvalue weighted by Gasteiger charge is 2.24. The minimum atomic E-state index is -0.473. The van der Waals surface area contributed by atoms with Gasteiger partial charge in [-0.2, -0.15) is 4.99 Å². The molecule has 0 atom stereocenters. The van der Waals surface area contributed by atoms with Crippen molar-refractivity contribution in [1.29, 1.82) is 0 Å². The molecule has 0 bridgehead atoms. The molecule has 1 N–H and O–H groups in total. The van der Waals surface area contributed by atoms with Crippen LogP contribution in [0.3, 0.4) is 0 Å². The number of thiazole rings is 1. The number of nitro benzene ring substituents is 1. The first-order valence-electron chi connectivity index (χ1n) is 6.05. The van der Waals surface area contributed by atoms with Gasteiger partial charge in [0.05, 0.1) is 9.83 Å². The van der Waals surface area contributed by atoms with E-state index in [9.17, 15) is 14.9 Å². The van der Waals surface area contributed by atoms with Crippen LogP contribution in [0.1, 0.15) is 5.56 Å². The molecule has 2 aromatic rings. The van der Waals surface area contributed by atoms with Crippen LogP contribution < -0.4 is 5.32 Å². The van der Waals surface area contributed by atoms with Crippen LogP contribution >= 0.6 is 23.1 Å². The molecule has 2 heterocycles. The molecule has 1 fully saturated rings. The average molecular weight is 332 g/mol. The lowest BCUT2D eigenvalue weighted by Gasteiger charge is -1.95. The second-order valence-corrected chi connectivity index (χ2v) is 6.05. The summed E-state index contributed by atoms with van der Waals surface area (Å²) in [5, 5.41) is 16.2. The number of nitrogens with one attached hydrogen (secondary N) is 1. The molecule has 0 unspecified atom stereocenters. The number of carbonyl (C=O) groups is 1. The third-order valence-corrected chi connectivity index (χ3v) is 4.22. The lowest BCUT2D eigenvalue weighted by atomic mass is 10.2. The number of nitro groups is 1. The van der Waals surface area contributed by atoms with Crippen LogP contribution in [0.25, 0.3) is 6.08 Å². The van der Waals surface area contributed by atoms with Crippen molar-refractivity contribution in [2.75, 3.05) is 0 Å². The maximum absolute atomic E-state index is 11.9. The van der Waals surface area contributed by atoms with Gasteiger partial charge in [0.25, 0.3) is 11.6 Å². The largest absolute Gasteiger partial charge is 0.300 e. The van der Waals surface area contributed by atoms with Crippen molar-refractivity contribution in [1.82, 2.24) is 10.3 Å². The van der Waals surface area contributed by atoms with Crippen LogP contribution in [0.15, 0.2) is 45.7 Å². The number of aromatic nitrogens is 1. The third kappa shape index (κ3) is 3.21. The van der Waals surface area contributed by atoms with E-state index in [-0.39, 0.29) is 11.6 Å². The molecule has 1 amide bonds. The number of amides is 1. The molecule has 1 aliphatic heterocycles. The molecule has 3 rings (SSSR count). The molecule has 0 aliphatic carbocycles. The Kier molecular flexibility index (Phi) is 3.98. The van der Waals surface area contributed by atoms with Crippen LogP contribution in [-0.2, 0) is 4.79 Å². The van der Waals surface area contributed by atoms with Gasteiger partial charge in [-0.3, -0.25) is 14.9 Å². The van der Waals surface area contributed by atoms with Gasteiger partial charge < -0.3 is 5.32 Å². The number of thioether (sulfide) groups is 1. The summed E-state index contributed by atoms with van der Waals surface area (Å²) < 4.78 is 0. The summed E-state index contributed by atoms with van der Waals surface area (Å²) in [5.74, 6) is -0.285. The summed E-state index contributed by atoms with van der Waals surface area (Å²) in [5.41, 5.74) is 0.566. The zero-order chi connectivity index (χ0) is 15.5. The Hall–Kier alpha value is -2.52. The van der Waals surface area contributed by atoms with Gasteiger partial charge in [0.1, 0.15) is 0 Å². The van der Waals surface area contributed by atoms with E-state index in [4.69, 9.17) is 0 Å². The molecule has 0 radical (unpaired) electrons. The standard InChI is InChI=1S/C13H8N4O3S2/c18-11-10(7-8-2-1-3-9(6-8)17(19)20)22-13(15-11)16-12-14-4-5-21-12/h1-7H,(H,14,15,16,18). The molecule has 1 saturated heterocycles. The van der Waals surface area contributed by atoms with E-state index in [1.54, 1.807) is 29.8 Å². The van der Waals surface area contributed by atoms with Gasteiger partial charge in [0.2, 0.25) is 5.13 Å². The van der Waals surface area contributed by atoms with Crippen molar-refractivity contribution in [2.24, 2.45) is 4.99 Å². The lowest BCUT2D eigenvalue weighted by Crippen LogP contribution is -2.19. The summed E-state index contributed by atoms with van der Waals surface area (Å²) in [6.45, 7) is 0. The summed E-state index contributed by atoms with van der Waals surface area (Å²) in [4.78, 5) is 30.8. The first kappa shape index (κ1) is 14.4. The van der Waals surface area contributed by atoms with Gasteiger partial charge in [-0.1, -0.05) is 12.1 Å². The summed E-state index contributed by atoms with van der Waals surface area (Å²) in [6.07, 6.45) is 3.22. The molecule has 110 valence electrons. The lowest BCUT2D eigenvalue weighted by molar-refractivity contribution is -0.384. The maximum atomic E-state index is 11.9. The quantitative estimate of drug-likeness (QED) is 0.529. The minimum absolute atomic E-state index is 0.0190. The Bertz CT molecular complexity index is 799. The first-order valence-corrected chi connectivity index (χ1v) is 7.75. The Morgan fingerprint density at radius 2 is 2.27 bits per heavy atom. The molecule has 9 heteroatoms. The van der Waals surface area contributed by atoms with E-state index in [2.05, 4.69) is 15.3 Å². The topological polar surface area (TPSA) is 97.5 Å². The maximum Gasteiger partial charge on any atom is 0.270 e. The second kappa shape index (κ2) is 6.08. The first-order chi connectivity index (χ1) is 10.6. The molecule has 0 spiro atoms. The summed E-state index contributed by atoms with van der Waals surface area (Å²) >= 11 is 2.54. The number of aliphatic imine (C=N–C) groups is 1. The molecule has 1 aromatic carbocycles. The highest BCUT2D eigenvalue weighted by Crippen LogP contribution is 2.29. The van der Waals surface area contributed by atoms with Crippen LogP contribution in [0.4, 0.5) is 10.8 Å². The highest BCUT2D eigenvalue weighted by molar-refractivity contribution is 8.18. The fraction of sp³-hybridized carbons (Fsp3) is 0. The van der Waals surface area contributed by atoms with E-state index >= 15 is 0 Å². The monoisotopic (exact) mass is 332 g/mol. The molecular formula is C13H8N4O3S2. The van der Waals surface area contributed by atoms with Gasteiger partial charge in [0, 0.05) is 23.7 Å². The SMILES string of the molecule is O=C1NC(=Nc2nccs2)SC1=Cc1cccc([N+](=O)[O-])c1. The zero-order valence-electron chi connectivity index (χ0n) is 10.9. The van der Waals surface area contributed by atoms with E-state index in [0.717, 1.165) is 0 Å². The molecule has 7 nitrogen and oxygen atoms in total. The van der Waals surface area contributed by atoms with Crippen molar-refractivity contribution in [3.05, 3.63) is 56.4 Å². The number of benzene rings is 1. The second-order valence-electron chi connectivity index (χ2n) is 4.15. The number of rotatable bonds is 3. The number of carbonyl (C=O) groups excluding carboxylic acids is 1. The number of amidine groups is 1. The fourth-order valence-electron chi connectivity index (χ4n) is 1.72. The Labute approximate surface area is 132 Å². The van der Waals surface area contributed by atoms with Crippen molar-refractivity contribution in [2.45, 2.75) is 0 Å². The summed E-state index contributed by atoms with van der Waals surface area (Å²) in [6, 6.07) is 6.09. The normalized spacial score (nSPS) is 17.9. The van der Waals surface area contributed by atoms with Crippen molar-refractivity contribution < 1.29 is 9.72 Å². The molecular weight excluding hydrogens is 324 g/mol. The number of hydrogen-bond acceptors (Lipinski definition) is 7. The smallest absolute Gasteiger partial charge is 0.270 e. The Morgan fingerprint density at radius 1 is 1.41 bits per heavy atom. The predicted molar refractivity (Wildman–Crippen MR) is 86.0 cm³/mol. The van der Waals surface area contributed by atoms with Gasteiger partial charge in [-0.05, 0) is 23.4 Å². The van der Waals surface area contributed by atoms with Crippen LogP contribution in [0.5, 0.6) is 0 Å².